The minimum atomic E-state index is -1.17. The molecule has 0 unspecified atom stereocenters. The van der Waals surface area contributed by atoms with Crippen LogP contribution in [0.3, 0.4) is 0 Å². The second-order valence-electron chi connectivity index (χ2n) is 5.09. The van der Waals surface area contributed by atoms with E-state index in [1.54, 1.807) is 0 Å². The second-order valence-corrected chi connectivity index (χ2v) is 5.48. The molecule has 0 aliphatic heterocycles. The zero-order valence-corrected chi connectivity index (χ0v) is 13.9. The monoisotopic (exact) mass is 349 g/mol. The van der Waals surface area contributed by atoms with Crippen LogP contribution in [0.25, 0.3) is 0 Å². The molecule has 0 atom stereocenters. The molecule has 0 radical (unpaired) electrons. The van der Waals surface area contributed by atoms with Gasteiger partial charge in [0.15, 0.2) is 0 Å². The minimum absolute atomic E-state index is 0.0258. The lowest BCUT2D eigenvalue weighted by Crippen LogP contribution is -2.26. The number of pyridine rings is 1. The number of rotatable bonds is 5. The number of carbonyl (C=O) groups is 2. The van der Waals surface area contributed by atoms with Gasteiger partial charge in [-0.05, 0) is 37.6 Å². The van der Waals surface area contributed by atoms with E-state index in [0.717, 1.165) is 11.4 Å². The Labute approximate surface area is 143 Å². The summed E-state index contributed by atoms with van der Waals surface area (Å²) >= 11 is 5.88. The first-order valence-corrected chi connectivity index (χ1v) is 7.44. The Balaban J connectivity index is 2.07. The molecule has 2 amide bonds. The highest BCUT2D eigenvalue weighted by Gasteiger charge is 2.11. The number of amides is 2. The molecule has 2 aromatic rings. The van der Waals surface area contributed by atoms with Crippen molar-refractivity contribution in [2.75, 3.05) is 0 Å². The fraction of sp³-hybridized carbons (Fsp3) is 0.267. The van der Waals surface area contributed by atoms with Crippen LogP contribution in [-0.4, -0.2) is 32.1 Å². The first-order chi connectivity index (χ1) is 11.3. The van der Waals surface area contributed by atoms with Gasteiger partial charge in [-0.2, -0.15) is 0 Å². The zero-order valence-electron chi connectivity index (χ0n) is 13.1. The van der Waals surface area contributed by atoms with Crippen molar-refractivity contribution in [1.29, 1.82) is 0 Å². The third kappa shape index (κ3) is 5.17. The normalized spacial score (nSPS) is 10.3. The zero-order chi connectivity index (χ0) is 17.7. The predicted molar refractivity (Wildman–Crippen MR) is 86.8 cm³/mol. The first kappa shape index (κ1) is 17.6. The van der Waals surface area contributed by atoms with Gasteiger partial charge in [0.25, 0.3) is 5.91 Å². The summed E-state index contributed by atoms with van der Waals surface area (Å²) in [6.45, 7) is 3.87. The molecule has 0 aromatic carbocycles. The topological polar surface area (TPSA) is 117 Å². The van der Waals surface area contributed by atoms with Crippen LogP contribution in [0.2, 0.25) is 5.15 Å². The van der Waals surface area contributed by atoms with Crippen molar-refractivity contribution in [3.05, 3.63) is 51.8 Å². The van der Waals surface area contributed by atoms with Gasteiger partial charge in [-0.3, -0.25) is 4.79 Å². The van der Waals surface area contributed by atoms with Gasteiger partial charge >= 0.3 is 6.09 Å². The van der Waals surface area contributed by atoms with E-state index in [2.05, 4.69) is 25.6 Å². The summed E-state index contributed by atoms with van der Waals surface area (Å²) in [7, 11) is 0. The van der Waals surface area contributed by atoms with Crippen molar-refractivity contribution in [3.8, 4) is 0 Å². The highest BCUT2D eigenvalue weighted by molar-refractivity contribution is 6.29. The maximum absolute atomic E-state index is 12.2. The second kappa shape index (κ2) is 7.69. The molecule has 9 heteroatoms. The molecule has 8 nitrogen and oxygen atoms in total. The number of aryl methyl sites for hydroxylation is 2. The third-order valence-corrected chi connectivity index (χ3v) is 3.16. The van der Waals surface area contributed by atoms with Gasteiger partial charge in [-0.25, -0.2) is 19.7 Å². The van der Waals surface area contributed by atoms with E-state index >= 15 is 0 Å². The van der Waals surface area contributed by atoms with Gasteiger partial charge in [0.05, 0.1) is 6.54 Å². The van der Waals surface area contributed by atoms with Gasteiger partial charge in [0, 0.05) is 17.9 Å². The van der Waals surface area contributed by atoms with Gasteiger partial charge in [-0.15, -0.1) is 0 Å². The van der Waals surface area contributed by atoms with E-state index in [4.69, 9.17) is 16.7 Å². The Morgan fingerprint density at radius 2 is 1.71 bits per heavy atom. The van der Waals surface area contributed by atoms with E-state index in [9.17, 15) is 9.59 Å². The minimum Gasteiger partial charge on any atom is -0.465 e. The number of carboxylic acid groups (broad SMARTS) is 1. The molecular weight excluding hydrogens is 334 g/mol. The highest BCUT2D eigenvalue weighted by atomic mass is 35.5. The molecule has 0 saturated heterocycles. The van der Waals surface area contributed by atoms with Crippen molar-refractivity contribution in [2.45, 2.75) is 26.9 Å². The van der Waals surface area contributed by atoms with Crippen LogP contribution in [0.1, 0.15) is 33.3 Å². The van der Waals surface area contributed by atoms with Crippen LogP contribution in [0, 0.1) is 13.8 Å². The van der Waals surface area contributed by atoms with E-state index in [0.29, 0.717) is 11.4 Å². The summed E-state index contributed by atoms with van der Waals surface area (Å²) in [5, 5.41) is 13.6. The van der Waals surface area contributed by atoms with Crippen LogP contribution < -0.4 is 10.6 Å². The van der Waals surface area contributed by atoms with Gasteiger partial charge in [0.2, 0.25) is 0 Å². The number of carbonyl (C=O) groups excluding carboxylic acids is 1. The lowest BCUT2D eigenvalue weighted by Gasteiger charge is -2.08. The molecular formula is C15H16ClN5O3. The molecule has 24 heavy (non-hydrogen) atoms. The summed E-state index contributed by atoms with van der Waals surface area (Å²) in [6.07, 6.45) is -1.17. The van der Waals surface area contributed by atoms with Crippen LogP contribution >= 0.6 is 11.6 Å². The summed E-state index contributed by atoms with van der Waals surface area (Å²) in [4.78, 5) is 35.2. The molecule has 2 aromatic heterocycles. The predicted octanol–water partition coefficient (Wildman–Crippen LogP) is 1.84. The quantitative estimate of drug-likeness (QED) is 0.709. The molecule has 0 fully saturated rings. The maximum atomic E-state index is 12.2. The molecule has 0 aliphatic rings. The van der Waals surface area contributed by atoms with Crippen LogP contribution in [0.5, 0.6) is 0 Å². The van der Waals surface area contributed by atoms with Gasteiger partial charge in [-0.1, -0.05) is 11.6 Å². The summed E-state index contributed by atoms with van der Waals surface area (Å²) in [5.74, 6) is 0.0486. The standard InChI is InChI=1S/C15H16ClN5O3/c1-8-3-9(2)20-13(19-8)7-17-14(22)11-4-10(5-12(16)21-11)6-18-15(23)24/h3-5,18H,6-7H2,1-2H3,(H,17,22)(H,23,24). The van der Waals surface area contributed by atoms with E-state index in [1.165, 1.54) is 12.1 Å². The van der Waals surface area contributed by atoms with Crippen molar-refractivity contribution < 1.29 is 14.7 Å². The molecule has 0 spiro atoms. The molecule has 126 valence electrons. The van der Waals surface area contributed by atoms with Crippen molar-refractivity contribution in [1.82, 2.24) is 25.6 Å². The smallest absolute Gasteiger partial charge is 0.404 e. The molecule has 0 bridgehead atoms. The number of hydrogen-bond donors (Lipinski definition) is 3. The van der Waals surface area contributed by atoms with Crippen molar-refractivity contribution in [2.24, 2.45) is 0 Å². The average molecular weight is 350 g/mol. The summed E-state index contributed by atoms with van der Waals surface area (Å²) in [6, 6.07) is 4.80. The molecule has 0 saturated carbocycles. The number of aromatic nitrogens is 3. The number of nitrogens with zero attached hydrogens (tertiary/aromatic N) is 3. The average Bonchev–Trinajstić information content (AvgIpc) is 2.49. The molecule has 2 heterocycles. The molecule has 0 aliphatic carbocycles. The Morgan fingerprint density at radius 1 is 1.04 bits per heavy atom. The van der Waals surface area contributed by atoms with Gasteiger partial charge in [0.1, 0.15) is 16.7 Å². The SMILES string of the molecule is Cc1cc(C)nc(CNC(=O)c2cc(CNC(=O)O)cc(Cl)n2)n1. The van der Waals surface area contributed by atoms with Crippen molar-refractivity contribution >= 4 is 23.6 Å². The summed E-state index contributed by atoms with van der Waals surface area (Å²) < 4.78 is 0. The highest BCUT2D eigenvalue weighted by Crippen LogP contribution is 2.11. The largest absolute Gasteiger partial charge is 0.465 e. The van der Waals surface area contributed by atoms with Crippen LogP contribution in [0.15, 0.2) is 18.2 Å². The Kier molecular flexibility index (Phi) is 5.64. The summed E-state index contributed by atoms with van der Waals surface area (Å²) in [5.41, 5.74) is 2.25. The molecule has 3 N–H and O–H groups in total. The molecule has 2 rings (SSSR count). The first-order valence-electron chi connectivity index (χ1n) is 7.06. The van der Waals surface area contributed by atoms with Crippen LogP contribution in [0.4, 0.5) is 4.79 Å². The fourth-order valence-electron chi connectivity index (χ4n) is 2.07. The van der Waals surface area contributed by atoms with E-state index < -0.39 is 12.0 Å². The Bertz CT molecular complexity index is 761. The number of nitrogens with one attached hydrogen (secondary N) is 2. The Hall–Kier alpha value is -2.74. The van der Waals surface area contributed by atoms with E-state index in [1.807, 2.05) is 19.9 Å². The number of hydrogen-bond acceptors (Lipinski definition) is 5. The van der Waals surface area contributed by atoms with Gasteiger partial charge < -0.3 is 15.7 Å². The lowest BCUT2D eigenvalue weighted by atomic mass is 10.2. The maximum Gasteiger partial charge on any atom is 0.404 e. The van der Waals surface area contributed by atoms with Crippen LogP contribution in [-0.2, 0) is 13.1 Å². The Morgan fingerprint density at radius 3 is 2.33 bits per heavy atom. The third-order valence-electron chi connectivity index (χ3n) is 2.97. The van der Waals surface area contributed by atoms with Crippen molar-refractivity contribution in [3.63, 3.8) is 0 Å². The fourth-order valence-corrected chi connectivity index (χ4v) is 2.31. The number of halogens is 1. The van der Waals surface area contributed by atoms with E-state index in [-0.39, 0.29) is 23.9 Å². The lowest BCUT2D eigenvalue weighted by molar-refractivity contribution is 0.0944.